The van der Waals surface area contributed by atoms with Crippen LogP contribution in [-0.4, -0.2) is 45.8 Å². The van der Waals surface area contributed by atoms with Gasteiger partial charge in [-0.05, 0) is 35.4 Å². The van der Waals surface area contributed by atoms with Crippen LogP contribution < -0.4 is 10.6 Å². The molecule has 29 heavy (non-hydrogen) atoms. The predicted molar refractivity (Wildman–Crippen MR) is 107 cm³/mol. The first-order valence-electron chi connectivity index (χ1n) is 9.50. The summed E-state index contributed by atoms with van der Waals surface area (Å²) in [5.74, 6) is -0.257. The molecule has 1 atom stereocenters. The minimum Gasteiger partial charge on any atom is -0.329 e. The smallest absolute Gasteiger partial charge is 0.324 e. The highest BCUT2D eigenvalue weighted by Crippen LogP contribution is 2.48. The maximum Gasteiger partial charge on any atom is 0.324 e. The normalized spacial score (nSPS) is 20.3. The number of carbonyl (C=O) groups is 3. The molecule has 2 aromatic rings. The summed E-state index contributed by atoms with van der Waals surface area (Å²) in [7, 11) is 0. The van der Waals surface area contributed by atoms with Gasteiger partial charge in [-0.3, -0.25) is 14.7 Å². The molecule has 0 spiro atoms. The van der Waals surface area contributed by atoms with Crippen molar-refractivity contribution in [2.45, 2.75) is 26.4 Å². The number of rotatable bonds is 4. The third-order valence-electron chi connectivity index (χ3n) is 5.37. The Balaban J connectivity index is 1.46. The lowest BCUT2D eigenvalue weighted by Crippen LogP contribution is -2.59. The molecule has 2 fully saturated rings. The van der Waals surface area contributed by atoms with Crippen molar-refractivity contribution in [1.82, 2.24) is 20.1 Å². The van der Waals surface area contributed by atoms with Crippen molar-refractivity contribution in [2.24, 2.45) is 5.41 Å². The molecule has 8 heteroatoms. The number of nitrogens with zero attached hydrogens (tertiary/aromatic N) is 3. The number of anilines is 1. The van der Waals surface area contributed by atoms with Gasteiger partial charge < -0.3 is 15.5 Å². The molecular formula is C21H23N5O3. The number of carbonyl (C=O) groups excluding carboxylic acids is 3. The third kappa shape index (κ3) is 3.65. The van der Waals surface area contributed by atoms with E-state index in [1.165, 1.54) is 4.90 Å². The number of nitrogens with one attached hydrogen (secondary N) is 2. The molecule has 3 heterocycles. The maximum absolute atomic E-state index is 12.9. The van der Waals surface area contributed by atoms with Gasteiger partial charge in [0, 0.05) is 30.0 Å². The summed E-state index contributed by atoms with van der Waals surface area (Å²) < 4.78 is 0. The van der Waals surface area contributed by atoms with Gasteiger partial charge in [-0.15, -0.1) is 0 Å². The van der Waals surface area contributed by atoms with E-state index in [-0.39, 0.29) is 36.5 Å². The quantitative estimate of drug-likeness (QED) is 0.781. The van der Waals surface area contributed by atoms with E-state index in [2.05, 4.69) is 29.5 Å². The number of likely N-dealkylation sites (tertiary alicyclic amines) is 1. The Bertz CT molecular complexity index is 944. The molecule has 1 aromatic heterocycles. The Labute approximate surface area is 168 Å². The lowest BCUT2D eigenvalue weighted by Gasteiger charge is -2.54. The van der Waals surface area contributed by atoms with Crippen molar-refractivity contribution in [2.75, 3.05) is 18.4 Å². The fourth-order valence-electron chi connectivity index (χ4n) is 4.03. The van der Waals surface area contributed by atoms with Gasteiger partial charge in [-0.1, -0.05) is 26.0 Å². The lowest BCUT2D eigenvalue weighted by molar-refractivity contribution is -0.125. The molecule has 0 saturated carbocycles. The fourth-order valence-corrected chi connectivity index (χ4v) is 4.03. The number of hydrogen-bond donors (Lipinski definition) is 2. The minimum absolute atomic E-state index is 0.0238. The van der Waals surface area contributed by atoms with E-state index in [0.717, 1.165) is 11.1 Å². The Morgan fingerprint density at radius 1 is 1.24 bits per heavy atom. The summed E-state index contributed by atoms with van der Waals surface area (Å²) >= 11 is 0. The van der Waals surface area contributed by atoms with Crippen LogP contribution in [-0.2, 0) is 11.3 Å². The van der Waals surface area contributed by atoms with E-state index < -0.39 is 6.03 Å². The zero-order valence-electron chi connectivity index (χ0n) is 16.4. The van der Waals surface area contributed by atoms with Crippen molar-refractivity contribution >= 4 is 23.7 Å². The first kappa shape index (κ1) is 18.9. The largest absolute Gasteiger partial charge is 0.329 e. The van der Waals surface area contributed by atoms with Crippen molar-refractivity contribution in [3.8, 4) is 0 Å². The molecule has 2 N–H and O–H groups in total. The van der Waals surface area contributed by atoms with Crippen molar-refractivity contribution in [3.05, 3.63) is 59.9 Å². The number of hydrogen-bond acceptors (Lipinski definition) is 4. The summed E-state index contributed by atoms with van der Waals surface area (Å²) in [5.41, 5.74) is 2.42. The maximum atomic E-state index is 12.9. The predicted octanol–water partition coefficient (Wildman–Crippen LogP) is 2.75. The molecule has 150 valence electrons. The summed E-state index contributed by atoms with van der Waals surface area (Å²) in [5, 5.41) is 5.44. The molecule has 0 aliphatic carbocycles. The standard InChI is InChI=1S/C21H23N5O3/c1-21(2)13-26(18(21)15-6-8-22-9-7-15)20(29)24-16-5-3-4-14(10-16)12-25-17(27)11-23-19(25)28/h3-10,18H,11-13H2,1-2H3,(H,23,28)(H,24,29). The van der Waals surface area contributed by atoms with Gasteiger partial charge in [-0.25, -0.2) is 9.59 Å². The molecule has 8 nitrogen and oxygen atoms in total. The minimum atomic E-state index is -0.396. The van der Waals surface area contributed by atoms with Gasteiger partial charge in [0.15, 0.2) is 0 Å². The number of pyridine rings is 1. The Kier molecular flexibility index (Phi) is 4.70. The van der Waals surface area contributed by atoms with Crippen LogP contribution in [0.3, 0.4) is 0 Å². The second-order valence-electron chi connectivity index (χ2n) is 8.07. The third-order valence-corrected chi connectivity index (χ3v) is 5.37. The summed E-state index contributed by atoms with van der Waals surface area (Å²) in [4.78, 5) is 43.4. The second kappa shape index (κ2) is 7.20. The van der Waals surface area contributed by atoms with E-state index in [1.54, 1.807) is 35.5 Å². The summed E-state index contributed by atoms with van der Waals surface area (Å²) in [6.45, 7) is 5.12. The molecule has 1 unspecified atom stereocenters. The Morgan fingerprint density at radius 2 is 2.00 bits per heavy atom. The van der Waals surface area contributed by atoms with Crippen LogP contribution in [0, 0.1) is 5.41 Å². The van der Waals surface area contributed by atoms with Crippen LogP contribution in [0.15, 0.2) is 48.8 Å². The average molecular weight is 393 g/mol. The zero-order valence-corrected chi connectivity index (χ0v) is 16.4. The van der Waals surface area contributed by atoms with E-state index in [0.29, 0.717) is 12.2 Å². The van der Waals surface area contributed by atoms with Gasteiger partial charge in [0.2, 0.25) is 5.91 Å². The van der Waals surface area contributed by atoms with Gasteiger partial charge >= 0.3 is 12.1 Å². The van der Waals surface area contributed by atoms with E-state index in [1.807, 2.05) is 18.2 Å². The Morgan fingerprint density at radius 3 is 2.66 bits per heavy atom. The van der Waals surface area contributed by atoms with Gasteiger partial charge in [0.05, 0.1) is 19.1 Å². The molecule has 4 rings (SSSR count). The fraction of sp³-hybridized carbons (Fsp3) is 0.333. The highest BCUT2D eigenvalue weighted by Gasteiger charge is 2.48. The monoisotopic (exact) mass is 393 g/mol. The first-order chi connectivity index (χ1) is 13.8. The van der Waals surface area contributed by atoms with E-state index >= 15 is 0 Å². The first-order valence-corrected chi connectivity index (χ1v) is 9.50. The zero-order chi connectivity index (χ0) is 20.6. The summed E-state index contributed by atoms with van der Waals surface area (Å²) in [6.07, 6.45) is 3.47. The van der Waals surface area contributed by atoms with Crippen LogP contribution in [0.4, 0.5) is 15.3 Å². The van der Waals surface area contributed by atoms with Crippen molar-refractivity contribution in [3.63, 3.8) is 0 Å². The van der Waals surface area contributed by atoms with Crippen LogP contribution in [0.1, 0.15) is 31.0 Å². The number of aromatic nitrogens is 1. The topological polar surface area (TPSA) is 94.6 Å². The number of benzene rings is 1. The highest BCUT2D eigenvalue weighted by atomic mass is 16.2. The second-order valence-corrected chi connectivity index (χ2v) is 8.07. The average Bonchev–Trinajstić information content (AvgIpc) is 2.99. The Hall–Kier alpha value is -3.42. The molecule has 2 saturated heterocycles. The molecule has 2 aliphatic heterocycles. The number of imide groups is 1. The highest BCUT2D eigenvalue weighted by molar-refractivity contribution is 6.01. The van der Waals surface area contributed by atoms with Crippen LogP contribution >= 0.6 is 0 Å². The summed E-state index contributed by atoms with van der Waals surface area (Å²) in [6, 6.07) is 10.5. The molecule has 5 amide bonds. The van der Waals surface area contributed by atoms with Crippen LogP contribution in [0.25, 0.3) is 0 Å². The molecular weight excluding hydrogens is 370 g/mol. The van der Waals surface area contributed by atoms with Gasteiger partial charge in [-0.2, -0.15) is 0 Å². The molecule has 0 bridgehead atoms. The number of amides is 5. The van der Waals surface area contributed by atoms with E-state index in [9.17, 15) is 14.4 Å². The molecule has 0 radical (unpaired) electrons. The van der Waals surface area contributed by atoms with Gasteiger partial charge in [0.1, 0.15) is 0 Å². The SMILES string of the molecule is CC1(C)CN(C(=O)Nc2cccc(CN3C(=O)CNC3=O)c2)C1c1ccncc1. The van der Waals surface area contributed by atoms with Crippen LogP contribution in [0.5, 0.6) is 0 Å². The van der Waals surface area contributed by atoms with Crippen molar-refractivity contribution < 1.29 is 14.4 Å². The molecule has 1 aromatic carbocycles. The van der Waals surface area contributed by atoms with Crippen LogP contribution in [0.2, 0.25) is 0 Å². The lowest BCUT2D eigenvalue weighted by atomic mass is 9.72. The number of urea groups is 2. The van der Waals surface area contributed by atoms with Crippen molar-refractivity contribution in [1.29, 1.82) is 0 Å². The molecule has 2 aliphatic rings. The van der Waals surface area contributed by atoms with Gasteiger partial charge in [0.25, 0.3) is 0 Å². The van der Waals surface area contributed by atoms with E-state index in [4.69, 9.17) is 0 Å².